The van der Waals surface area contributed by atoms with Gasteiger partial charge in [0.05, 0.1) is 5.75 Å². The monoisotopic (exact) mass is 261 g/mol. The molecule has 0 spiro atoms. The molecule has 0 bridgehead atoms. The molecule has 1 aliphatic carbocycles. The van der Waals surface area contributed by atoms with Crippen molar-refractivity contribution in [3.05, 3.63) is 0 Å². The smallest absolute Gasteiger partial charge is 0.150 e. The Morgan fingerprint density at radius 3 is 2.53 bits per heavy atom. The van der Waals surface area contributed by atoms with Crippen molar-refractivity contribution in [2.24, 2.45) is 17.1 Å². The molecular formula is C13H27NO2S. The standard InChI is InChI=1S/C13H27NO2S/c1-3-12-6-8-13(10-12,11-14)7-5-9-17(15,16)4-2/h12H,3-11,14H2,1-2H3. The van der Waals surface area contributed by atoms with Crippen molar-refractivity contribution in [2.75, 3.05) is 18.1 Å². The van der Waals surface area contributed by atoms with Crippen molar-refractivity contribution in [2.45, 2.75) is 52.4 Å². The summed E-state index contributed by atoms with van der Waals surface area (Å²) in [7, 11) is -2.81. The van der Waals surface area contributed by atoms with E-state index in [1.165, 1.54) is 25.7 Å². The van der Waals surface area contributed by atoms with Gasteiger partial charge in [-0.3, -0.25) is 0 Å². The van der Waals surface area contributed by atoms with Crippen LogP contribution in [0.2, 0.25) is 0 Å². The van der Waals surface area contributed by atoms with Crippen molar-refractivity contribution in [3.8, 4) is 0 Å². The van der Waals surface area contributed by atoms with Gasteiger partial charge in [0.15, 0.2) is 0 Å². The van der Waals surface area contributed by atoms with E-state index in [0.29, 0.717) is 5.75 Å². The van der Waals surface area contributed by atoms with Crippen LogP contribution in [0.3, 0.4) is 0 Å². The third-order valence-corrected chi connectivity index (χ3v) is 6.21. The van der Waals surface area contributed by atoms with Crippen LogP contribution in [-0.4, -0.2) is 26.5 Å². The molecule has 0 aromatic rings. The van der Waals surface area contributed by atoms with E-state index in [1.54, 1.807) is 6.92 Å². The summed E-state index contributed by atoms with van der Waals surface area (Å²) in [6.45, 7) is 4.67. The molecule has 0 heterocycles. The number of sulfone groups is 1. The lowest BCUT2D eigenvalue weighted by atomic mass is 9.81. The van der Waals surface area contributed by atoms with Crippen LogP contribution in [0.5, 0.6) is 0 Å². The predicted molar refractivity (Wildman–Crippen MR) is 72.7 cm³/mol. The van der Waals surface area contributed by atoms with Gasteiger partial charge in [0.2, 0.25) is 0 Å². The zero-order chi connectivity index (χ0) is 12.9. The van der Waals surface area contributed by atoms with Crippen LogP contribution in [0.1, 0.15) is 52.4 Å². The quantitative estimate of drug-likeness (QED) is 0.765. The first-order chi connectivity index (χ1) is 7.97. The molecule has 2 unspecified atom stereocenters. The van der Waals surface area contributed by atoms with Gasteiger partial charge in [-0.2, -0.15) is 0 Å². The first kappa shape index (κ1) is 15.0. The summed E-state index contributed by atoms with van der Waals surface area (Å²) in [4.78, 5) is 0. The van der Waals surface area contributed by atoms with Gasteiger partial charge >= 0.3 is 0 Å². The predicted octanol–water partition coefficient (Wildman–Crippen LogP) is 2.36. The Balaban J connectivity index is 2.43. The van der Waals surface area contributed by atoms with E-state index in [0.717, 1.165) is 25.3 Å². The Labute approximate surface area is 106 Å². The topological polar surface area (TPSA) is 60.2 Å². The van der Waals surface area contributed by atoms with Crippen LogP contribution >= 0.6 is 0 Å². The van der Waals surface area contributed by atoms with Crippen LogP contribution < -0.4 is 5.73 Å². The molecule has 17 heavy (non-hydrogen) atoms. The van der Waals surface area contributed by atoms with Gasteiger partial charge in [-0.15, -0.1) is 0 Å². The van der Waals surface area contributed by atoms with Crippen molar-refractivity contribution in [1.82, 2.24) is 0 Å². The fraction of sp³-hybridized carbons (Fsp3) is 1.00. The Kier molecular flexibility index (Phi) is 5.45. The highest BCUT2D eigenvalue weighted by Crippen LogP contribution is 2.45. The summed E-state index contributed by atoms with van der Waals surface area (Å²) in [5, 5.41) is 0. The van der Waals surface area contributed by atoms with Crippen molar-refractivity contribution < 1.29 is 8.42 Å². The summed E-state index contributed by atoms with van der Waals surface area (Å²) >= 11 is 0. The van der Waals surface area contributed by atoms with Crippen LogP contribution in [0.25, 0.3) is 0 Å². The SMILES string of the molecule is CCC1CCC(CN)(CCCS(=O)(=O)CC)C1. The third kappa shape index (κ3) is 4.25. The molecule has 1 saturated carbocycles. The first-order valence-corrected chi connectivity index (χ1v) is 8.69. The van der Waals surface area contributed by atoms with E-state index in [1.807, 2.05) is 0 Å². The van der Waals surface area contributed by atoms with Gasteiger partial charge < -0.3 is 5.73 Å². The number of hydrogen-bond acceptors (Lipinski definition) is 3. The number of rotatable bonds is 7. The Bertz CT molecular complexity index is 326. The fourth-order valence-corrected chi connectivity index (χ4v) is 3.87. The summed E-state index contributed by atoms with van der Waals surface area (Å²) < 4.78 is 22.9. The minimum atomic E-state index is -2.81. The van der Waals surface area contributed by atoms with E-state index >= 15 is 0 Å². The maximum Gasteiger partial charge on any atom is 0.150 e. The summed E-state index contributed by atoms with van der Waals surface area (Å²) in [5.41, 5.74) is 6.16. The molecule has 3 nitrogen and oxygen atoms in total. The molecule has 1 rings (SSSR count). The van der Waals surface area contributed by atoms with Crippen molar-refractivity contribution in [3.63, 3.8) is 0 Å². The van der Waals surface area contributed by atoms with E-state index in [-0.39, 0.29) is 11.2 Å². The lowest BCUT2D eigenvalue weighted by Crippen LogP contribution is -2.28. The zero-order valence-electron chi connectivity index (χ0n) is 11.2. The Morgan fingerprint density at radius 1 is 1.35 bits per heavy atom. The van der Waals surface area contributed by atoms with Crippen molar-refractivity contribution >= 4 is 9.84 Å². The van der Waals surface area contributed by atoms with Gasteiger partial charge in [0, 0.05) is 5.75 Å². The lowest BCUT2D eigenvalue weighted by Gasteiger charge is -2.27. The number of hydrogen-bond donors (Lipinski definition) is 1. The Morgan fingerprint density at radius 2 is 2.06 bits per heavy atom. The zero-order valence-corrected chi connectivity index (χ0v) is 12.1. The molecule has 2 N–H and O–H groups in total. The van der Waals surface area contributed by atoms with E-state index in [2.05, 4.69) is 6.92 Å². The highest BCUT2D eigenvalue weighted by Gasteiger charge is 2.36. The van der Waals surface area contributed by atoms with Gasteiger partial charge in [0.25, 0.3) is 0 Å². The molecule has 1 aliphatic rings. The molecule has 4 heteroatoms. The molecule has 0 aliphatic heterocycles. The maximum atomic E-state index is 11.5. The largest absolute Gasteiger partial charge is 0.330 e. The summed E-state index contributed by atoms with van der Waals surface area (Å²) in [5.74, 6) is 1.41. The lowest BCUT2D eigenvalue weighted by molar-refractivity contribution is 0.267. The van der Waals surface area contributed by atoms with Crippen molar-refractivity contribution in [1.29, 1.82) is 0 Å². The molecule has 102 valence electrons. The first-order valence-electron chi connectivity index (χ1n) is 6.87. The van der Waals surface area contributed by atoms with Crippen LogP contribution in [0.4, 0.5) is 0 Å². The molecular weight excluding hydrogens is 234 g/mol. The van der Waals surface area contributed by atoms with E-state index in [4.69, 9.17) is 5.73 Å². The minimum Gasteiger partial charge on any atom is -0.330 e. The van der Waals surface area contributed by atoms with E-state index in [9.17, 15) is 8.42 Å². The molecule has 0 aromatic carbocycles. The number of nitrogens with two attached hydrogens (primary N) is 1. The summed E-state index contributed by atoms with van der Waals surface area (Å²) in [6.07, 6.45) is 6.66. The molecule has 0 saturated heterocycles. The highest BCUT2D eigenvalue weighted by atomic mass is 32.2. The van der Waals surface area contributed by atoms with Crippen LogP contribution in [0, 0.1) is 11.3 Å². The molecule has 2 atom stereocenters. The maximum absolute atomic E-state index is 11.5. The van der Waals surface area contributed by atoms with Gasteiger partial charge in [-0.25, -0.2) is 8.42 Å². The van der Waals surface area contributed by atoms with Gasteiger partial charge in [-0.1, -0.05) is 20.3 Å². The fourth-order valence-electron chi connectivity index (χ4n) is 3.00. The molecule has 0 aromatic heterocycles. The van der Waals surface area contributed by atoms with Crippen LogP contribution in [-0.2, 0) is 9.84 Å². The van der Waals surface area contributed by atoms with Gasteiger partial charge in [0.1, 0.15) is 9.84 Å². The highest BCUT2D eigenvalue weighted by molar-refractivity contribution is 7.91. The Hall–Kier alpha value is -0.0900. The minimum absolute atomic E-state index is 0.240. The normalized spacial score (nSPS) is 29.7. The second-order valence-corrected chi connectivity index (χ2v) is 8.03. The molecule has 1 fully saturated rings. The average Bonchev–Trinajstić information content (AvgIpc) is 2.73. The molecule has 0 amide bonds. The van der Waals surface area contributed by atoms with E-state index < -0.39 is 9.84 Å². The second kappa shape index (κ2) is 6.19. The third-order valence-electron chi connectivity index (χ3n) is 4.42. The average molecular weight is 261 g/mol. The summed E-state index contributed by atoms with van der Waals surface area (Å²) in [6, 6.07) is 0. The molecule has 0 radical (unpaired) electrons. The van der Waals surface area contributed by atoms with Crippen LogP contribution in [0.15, 0.2) is 0 Å². The van der Waals surface area contributed by atoms with Gasteiger partial charge in [-0.05, 0) is 50.0 Å². The second-order valence-electron chi connectivity index (χ2n) is 5.56.